The number of hydrogen-bond donors (Lipinski definition) is 0. The Bertz CT molecular complexity index is 542. The number of carbonyl (C=O) groups excluding carboxylic acids is 1. The summed E-state index contributed by atoms with van der Waals surface area (Å²) in [4.78, 5) is 15.3. The molecular weight excluding hydrogens is 284 g/mol. The lowest BCUT2D eigenvalue weighted by molar-refractivity contribution is 0.0943. The van der Waals surface area contributed by atoms with Gasteiger partial charge in [0.25, 0.3) is 5.91 Å². The first-order chi connectivity index (χ1) is 7.59. The lowest BCUT2D eigenvalue weighted by Crippen LogP contribution is -2.13. The molecule has 0 spiro atoms. The van der Waals surface area contributed by atoms with Crippen molar-refractivity contribution in [1.82, 2.24) is 14.8 Å². The quantitative estimate of drug-likeness (QED) is 0.754. The predicted octanol–water partition coefficient (Wildman–Crippen LogP) is 2.01. The SMILES string of the molecule is O=C(c1cc(F)c(F)cc1Br)n1cncn1. The van der Waals surface area contributed by atoms with Crippen molar-refractivity contribution in [1.29, 1.82) is 0 Å². The number of halogens is 3. The van der Waals surface area contributed by atoms with Crippen LogP contribution in [-0.4, -0.2) is 20.7 Å². The summed E-state index contributed by atoms with van der Waals surface area (Å²) in [7, 11) is 0. The molecule has 2 aromatic rings. The first-order valence-corrected chi connectivity index (χ1v) is 4.93. The first-order valence-electron chi connectivity index (χ1n) is 4.13. The van der Waals surface area contributed by atoms with E-state index in [0.29, 0.717) is 0 Å². The van der Waals surface area contributed by atoms with Crippen LogP contribution in [0.1, 0.15) is 10.4 Å². The zero-order valence-corrected chi connectivity index (χ0v) is 9.28. The minimum absolute atomic E-state index is 0.0237. The molecule has 2 rings (SSSR count). The second kappa shape index (κ2) is 4.09. The van der Waals surface area contributed by atoms with Gasteiger partial charge in [-0.05, 0) is 28.1 Å². The van der Waals surface area contributed by atoms with Crippen LogP contribution in [0.15, 0.2) is 29.3 Å². The standard InChI is InChI=1S/C9H4BrF2N3O/c10-6-2-8(12)7(11)1-5(6)9(16)15-4-13-3-14-15/h1-4H. The molecule has 0 bridgehead atoms. The minimum atomic E-state index is -1.09. The van der Waals surface area contributed by atoms with Crippen molar-refractivity contribution in [2.75, 3.05) is 0 Å². The van der Waals surface area contributed by atoms with Crippen LogP contribution >= 0.6 is 15.9 Å². The third-order valence-corrected chi connectivity index (χ3v) is 2.52. The minimum Gasteiger partial charge on any atom is -0.267 e. The summed E-state index contributed by atoms with van der Waals surface area (Å²) in [6.07, 6.45) is 2.35. The van der Waals surface area contributed by atoms with E-state index in [4.69, 9.17) is 0 Å². The van der Waals surface area contributed by atoms with Gasteiger partial charge in [-0.2, -0.15) is 9.78 Å². The number of hydrogen-bond acceptors (Lipinski definition) is 3. The molecule has 0 aliphatic carbocycles. The average molecular weight is 288 g/mol. The van der Waals surface area contributed by atoms with Crippen molar-refractivity contribution < 1.29 is 13.6 Å². The van der Waals surface area contributed by atoms with E-state index < -0.39 is 17.5 Å². The molecule has 0 aliphatic heterocycles. The Kier molecular flexibility index (Phi) is 2.78. The molecule has 1 aromatic heterocycles. The van der Waals surface area contributed by atoms with Crippen LogP contribution in [0.5, 0.6) is 0 Å². The largest absolute Gasteiger partial charge is 0.280 e. The van der Waals surface area contributed by atoms with Crippen LogP contribution in [0.2, 0.25) is 0 Å². The molecule has 1 aromatic carbocycles. The summed E-state index contributed by atoms with van der Waals surface area (Å²) < 4.78 is 26.9. The Morgan fingerprint density at radius 1 is 1.31 bits per heavy atom. The van der Waals surface area contributed by atoms with Crippen molar-refractivity contribution in [3.8, 4) is 0 Å². The van der Waals surface area contributed by atoms with Crippen molar-refractivity contribution in [2.24, 2.45) is 0 Å². The van der Waals surface area contributed by atoms with Crippen molar-refractivity contribution in [3.63, 3.8) is 0 Å². The summed E-state index contributed by atoms with van der Waals surface area (Å²) in [5.41, 5.74) is -0.0237. The van der Waals surface area contributed by atoms with Gasteiger partial charge < -0.3 is 0 Å². The van der Waals surface area contributed by atoms with Crippen molar-refractivity contribution in [3.05, 3.63) is 46.5 Å². The van der Waals surface area contributed by atoms with Gasteiger partial charge in [-0.1, -0.05) is 0 Å². The highest BCUT2D eigenvalue weighted by molar-refractivity contribution is 9.10. The maximum absolute atomic E-state index is 13.0. The Morgan fingerprint density at radius 3 is 2.62 bits per heavy atom. The fourth-order valence-electron chi connectivity index (χ4n) is 1.12. The molecule has 16 heavy (non-hydrogen) atoms. The maximum atomic E-state index is 13.0. The van der Waals surface area contributed by atoms with E-state index in [1.807, 2.05) is 0 Å². The lowest BCUT2D eigenvalue weighted by atomic mass is 10.2. The molecule has 1 heterocycles. The molecule has 0 saturated heterocycles. The molecule has 0 atom stereocenters. The lowest BCUT2D eigenvalue weighted by Gasteiger charge is -2.03. The Morgan fingerprint density at radius 2 is 2.00 bits per heavy atom. The third-order valence-electron chi connectivity index (χ3n) is 1.87. The van der Waals surface area contributed by atoms with E-state index in [9.17, 15) is 13.6 Å². The molecule has 0 amide bonds. The van der Waals surface area contributed by atoms with Crippen LogP contribution in [0.3, 0.4) is 0 Å². The number of benzene rings is 1. The Balaban J connectivity index is 2.49. The maximum Gasteiger partial charge on any atom is 0.280 e. The topological polar surface area (TPSA) is 47.8 Å². The molecule has 0 unspecified atom stereocenters. The fourth-order valence-corrected chi connectivity index (χ4v) is 1.61. The van der Waals surface area contributed by atoms with E-state index in [0.717, 1.165) is 16.8 Å². The van der Waals surface area contributed by atoms with E-state index in [1.165, 1.54) is 12.7 Å². The monoisotopic (exact) mass is 287 g/mol. The molecule has 0 fully saturated rings. The van der Waals surface area contributed by atoms with E-state index in [1.54, 1.807) is 0 Å². The van der Waals surface area contributed by atoms with E-state index >= 15 is 0 Å². The normalized spacial score (nSPS) is 10.4. The summed E-state index contributed by atoms with van der Waals surface area (Å²) in [6.45, 7) is 0. The molecule has 4 nitrogen and oxygen atoms in total. The van der Waals surface area contributed by atoms with Gasteiger partial charge in [-0.25, -0.2) is 13.8 Å². The highest BCUT2D eigenvalue weighted by Crippen LogP contribution is 2.21. The van der Waals surface area contributed by atoms with E-state index in [-0.39, 0.29) is 10.0 Å². The second-order valence-electron chi connectivity index (χ2n) is 2.89. The average Bonchev–Trinajstić information content (AvgIpc) is 2.75. The Labute approximate surface area is 97.0 Å². The summed E-state index contributed by atoms with van der Waals surface area (Å²) in [6, 6.07) is 1.70. The van der Waals surface area contributed by atoms with E-state index in [2.05, 4.69) is 26.0 Å². The van der Waals surface area contributed by atoms with Gasteiger partial charge in [-0.3, -0.25) is 4.79 Å². The smallest absolute Gasteiger partial charge is 0.267 e. The third kappa shape index (κ3) is 1.85. The molecule has 7 heteroatoms. The summed E-state index contributed by atoms with van der Waals surface area (Å²) >= 11 is 2.98. The molecule has 0 saturated carbocycles. The second-order valence-corrected chi connectivity index (χ2v) is 3.75. The van der Waals surface area contributed by atoms with Gasteiger partial charge in [0.2, 0.25) is 0 Å². The number of nitrogens with zero attached hydrogens (tertiary/aromatic N) is 3. The highest BCUT2D eigenvalue weighted by atomic mass is 79.9. The zero-order chi connectivity index (χ0) is 11.7. The van der Waals surface area contributed by atoms with Crippen molar-refractivity contribution in [2.45, 2.75) is 0 Å². The molecular formula is C9H4BrF2N3O. The van der Waals surface area contributed by atoms with Gasteiger partial charge in [-0.15, -0.1) is 0 Å². The van der Waals surface area contributed by atoms with Crippen LogP contribution in [0.4, 0.5) is 8.78 Å². The summed E-state index contributed by atoms with van der Waals surface area (Å²) in [5.74, 6) is -2.71. The molecule has 0 radical (unpaired) electrons. The fraction of sp³-hybridized carbons (Fsp3) is 0. The number of carbonyl (C=O) groups is 1. The predicted molar refractivity (Wildman–Crippen MR) is 53.8 cm³/mol. The van der Waals surface area contributed by atoms with Gasteiger partial charge >= 0.3 is 0 Å². The van der Waals surface area contributed by atoms with Gasteiger partial charge in [0, 0.05) is 4.47 Å². The van der Waals surface area contributed by atoms with Crippen LogP contribution in [0, 0.1) is 11.6 Å². The highest BCUT2D eigenvalue weighted by Gasteiger charge is 2.16. The first kappa shape index (κ1) is 10.9. The zero-order valence-electron chi connectivity index (χ0n) is 7.69. The Hall–Kier alpha value is -1.63. The van der Waals surface area contributed by atoms with Crippen LogP contribution in [0.25, 0.3) is 0 Å². The number of rotatable bonds is 1. The van der Waals surface area contributed by atoms with Crippen LogP contribution in [-0.2, 0) is 0 Å². The van der Waals surface area contributed by atoms with Gasteiger partial charge in [0.05, 0.1) is 5.56 Å². The molecule has 82 valence electrons. The molecule has 0 N–H and O–H groups in total. The van der Waals surface area contributed by atoms with Gasteiger partial charge in [0.1, 0.15) is 12.7 Å². The molecule has 0 aliphatic rings. The summed E-state index contributed by atoms with van der Waals surface area (Å²) in [5, 5.41) is 3.60. The van der Waals surface area contributed by atoms with Crippen molar-refractivity contribution >= 4 is 21.8 Å². The number of aromatic nitrogens is 3. The van der Waals surface area contributed by atoms with Crippen LogP contribution < -0.4 is 0 Å². The van der Waals surface area contributed by atoms with Gasteiger partial charge in [0.15, 0.2) is 11.6 Å².